The molecule has 0 saturated carbocycles. The third kappa shape index (κ3) is 1.31. The van der Waals surface area contributed by atoms with Crippen molar-refractivity contribution in [3.63, 3.8) is 0 Å². The van der Waals surface area contributed by atoms with Gasteiger partial charge in [0, 0.05) is 34.3 Å². The molecule has 0 unspecified atom stereocenters. The average molecular weight is 329 g/mol. The molecule has 0 N–H and O–H groups in total. The Morgan fingerprint density at radius 2 is 2.27 bits per heavy atom. The molecule has 4 nitrogen and oxygen atoms in total. The van der Waals surface area contributed by atoms with Crippen molar-refractivity contribution in [1.82, 2.24) is 20.0 Å². The van der Waals surface area contributed by atoms with Gasteiger partial charge in [-0.3, -0.25) is 4.98 Å². The van der Waals surface area contributed by atoms with E-state index in [0.29, 0.717) is 0 Å². The average Bonchev–Trinajstić information content (AvgIpc) is 2.34. The number of hydrogen-bond donors (Lipinski definition) is 0. The van der Waals surface area contributed by atoms with Crippen LogP contribution in [0.15, 0.2) is 18.5 Å². The summed E-state index contributed by atoms with van der Waals surface area (Å²) in [5, 5.41) is 7.71. The molecule has 60 valence electrons. The molecule has 0 bridgehead atoms. The summed E-state index contributed by atoms with van der Waals surface area (Å²) in [5.41, 5.74) is 1.85. The van der Waals surface area contributed by atoms with Gasteiger partial charge in [-0.05, 0) is 6.07 Å². The summed E-state index contributed by atoms with van der Waals surface area (Å²) in [7, 11) is 1.84. The summed E-state index contributed by atoms with van der Waals surface area (Å²) >= 11 is 0. The Hall–Kier alpha value is -0.762. The van der Waals surface area contributed by atoms with Crippen molar-refractivity contribution in [2.45, 2.75) is 0 Å². The molecule has 0 radical (unpaired) electrons. The number of pyridine rings is 1. The third-order valence-electron chi connectivity index (χ3n) is 1.41. The van der Waals surface area contributed by atoms with Crippen molar-refractivity contribution in [3.05, 3.63) is 18.5 Å². The second-order valence-electron chi connectivity index (χ2n) is 2.08. The quantitative estimate of drug-likeness (QED) is 0.701. The van der Waals surface area contributed by atoms with E-state index < -0.39 is 0 Å². The zero-order valence-corrected chi connectivity index (χ0v) is 8.11. The molecule has 0 amide bonds. The first-order chi connectivity index (χ1) is 4.88. The molecule has 0 aliphatic rings. The van der Waals surface area contributed by atoms with E-state index in [1.165, 1.54) is 0 Å². The second-order valence-corrected chi connectivity index (χ2v) is 2.08. The van der Waals surface area contributed by atoms with Crippen LogP contribution in [0.4, 0.5) is 0 Å². The smallest absolute Gasteiger partial charge is 0.116 e. The fourth-order valence-corrected chi connectivity index (χ4v) is 0.876. The van der Waals surface area contributed by atoms with Gasteiger partial charge in [0.05, 0.1) is 6.20 Å². The van der Waals surface area contributed by atoms with Crippen LogP contribution in [-0.2, 0) is 28.1 Å². The van der Waals surface area contributed by atoms with Crippen molar-refractivity contribution < 1.29 is 21.1 Å². The molecule has 2 rings (SSSR count). The third-order valence-corrected chi connectivity index (χ3v) is 1.41. The van der Waals surface area contributed by atoms with E-state index in [0.717, 1.165) is 11.0 Å². The summed E-state index contributed by atoms with van der Waals surface area (Å²) in [4.78, 5) is 3.95. The first kappa shape index (κ1) is 8.34. The standard InChI is InChI=1S/C6H6N4.Pt/c1-10-6-4-7-3-2-5(6)8-9-10;/h2-4H,1H3;. The van der Waals surface area contributed by atoms with E-state index in [9.17, 15) is 0 Å². The summed E-state index contributed by atoms with van der Waals surface area (Å²) in [6.45, 7) is 0. The van der Waals surface area contributed by atoms with Gasteiger partial charge in [-0.15, -0.1) is 5.10 Å². The fraction of sp³-hybridized carbons (Fsp3) is 0.167. The largest absolute Gasteiger partial charge is 0.262 e. The van der Waals surface area contributed by atoms with Crippen LogP contribution in [0.3, 0.4) is 0 Å². The Kier molecular flexibility index (Phi) is 2.34. The van der Waals surface area contributed by atoms with Crippen LogP contribution < -0.4 is 0 Å². The molecule has 0 atom stereocenters. The monoisotopic (exact) mass is 329 g/mol. The molecule has 2 aromatic rings. The molecular weight excluding hydrogens is 323 g/mol. The van der Waals surface area contributed by atoms with Gasteiger partial charge in [0.25, 0.3) is 0 Å². The molecule has 0 fully saturated rings. The van der Waals surface area contributed by atoms with Crippen molar-refractivity contribution in [1.29, 1.82) is 0 Å². The molecule has 0 aliphatic heterocycles. The Balaban J connectivity index is 0.000000605. The van der Waals surface area contributed by atoms with Crippen molar-refractivity contribution in [2.24, 2.45) is 7.05 Å². The van der Waals surface area contributed by atoms with E-state index in [4.69, 9.17) is 0 Å². The van der Waals surface area contributed by atoms with Gasteiger partial charge < -0.3 is 0 Å². The molecule has 0 aliphatic carbocycles. The molecule has 11 heavy (non-hydrogen) atoms. The number of aromatic nitrogens is 4. The van der Waals surface area contributed by atoms with Crippen LogP contribution in [0.2, 0.25) is 0 Å². The van der Waals surface area contributed by atoms with Crippen molar-refractivity contribution in [3.8, 4) is 0 Å². The number of fused-ring (bicyclic) bond motifs is 1. The van der Waals surface area contributed by atoms with Gasteiger partial charge in [0.1, 0.15) is 11.0 Å². The maximum Gasteiger partial charge on any atom is 0.116 e. The van der Waals surface area contributed by atoms with E-state index in [1.807, 2.05) is 13.1 Å². The van der Waals surface area contributed by atoms with Crippen LogP contribution in [0.5, 0.6) is 0 Å². The summed E-state index contributed by atoms with van der Waals surface area (Å²) in [5.74, 6) is 0. The zero-order valence-electron chi connectivity index (χ0n) is 5.84. The maximum atomic E-state index is 3.95. The minimum absolute atomic E-state index is 0. The fourth-order valence-electron chi connectivity index (χ4n) is 0.876. The van der Waals surface area contributed by atoms with Gasteiger partial charge in [-0.25, -0.2) is 4.68 Å². The minimum Gasteiger partial charge on any atom is -0.262 e. The van der Waals surface area contributed by atoms with Gasteiger partial charge in [0.15, 0.2) is 0 Å². The predicted octanol–water partition coefficient (Wildman–Crippen LogP) is 0.361. The second kappa shape index (κ2) is 3.09. The molecule has 0 spiro atoms. The van der Waals surface area contributed by atoms with Gasteiger partial charge >= 0.3 is 0 Å². The van der Waals surface area contributed by atoms with Crippen LogP contribution in [-0.4, -0.2) is 20.0 Å². The van der Waals surface area contributed by atoms with Crippen LogP contribution >= 0.6 is 0 Å². The summed E-state index contributed by atoms with van der Waals surface area (Å²) in [6, 6.07) is 1.84. The van der Waals surface area contributed by atoms with E-state index >= 15 is 0 Å². The summed E-state index contributed by atoms with van der Waals surface area (Å²) < 4.78 is 1.70. The number of rotatable bonds is 0. The van der Waals surface area contributed by atoms with Gasteiger partial charge in [-0.2, -0.15) is 0 Å². The Morgan fingerprint density at radius 3 is 3.00 bits per heavy atom. The number of nitrogens with zero attached hydrogens (tertiary/aromatic N) is 4. The van der Waals surface area contributed by atoms with E-state index in [-0.39, 0.29) is 21.1 Å². The number of aryl methyl sites for hydroxylation is 1. The first-order valence-corrected chi connectivity index (χ1v) is 2.97. The van der Waals surface area contributed by atoms with Crippen LogP contribution in [0.25, 0.3) is 11.0 Å². The molecule has 0 saturated heterocycles. The Bertz CT molecular complexity index is 356. The van der Waals surface area contributed by atoms with Gasteiger partial charge in [0.2, 0.25) is 0 Å². The molecule has 5 heteroatoms. The Labute approximate surface area is 77.9 Å². The summed E-state index contributed by atoms with van der Waals surface area (Å²) in [6.07, 6.45) is 3.45. The molecular formula is C6H6N4Pt. The maximum absolute atomic E-state index is 3.95. The number of hydrogen-bond acceptors (Lipinski definition) is 3. The first-order valence-electron chi connectivity index (χ1n) is 2.97. The molecule has 2 heterocycles. The SMILES string of the molecule is Cn1nnc2ccncc21.[Pt]. The Morgan fingerprint density at radius 1 is 1.45 bits per heavy atom. The zero-order chi connectivity index (χ0) is 6.97. The molecule has 0 aromatic carbocycles. The molecule has 2 aromatic heterocycles. The van der Waals surface area contributed by atoms with E-state index in [1.54, 1.807) is 17.1 Å². The minimum atomic E-state index is 0. The van der Waals surface area contributed by atoms with Crippen LogP contribution in [0, 0.1) is 0 Å². The van der Waals surface area contributed by atoms with E-state index in [2.05, 4.69) is 15.3 Å². The normalized spacial score (nSPS) is 9.55. The van der Waals surface area contributed by atoms with Crippen molar-refractivity contribution in [2.75, 3.05) is 0 Å². The van der Waals surface area contributed by atoms with Crippen LogP contribution in [0.1, 0.15) is 0 Å². The van der Waals surface area contributed by atoms with Gasteiger partial charge in [-0.1, -0.05) is 5.21 Å². The van der Waals surface area contributed by atoms with Crippen molar-refractivity contribution >= 4 is 11.0 Å². The topological polar surface area (TPSA) is 43.6 Å². The predicted molar refractivity (Wildman–Crippen MR) is 36.3 cm³/mol.